The number of methoxy groups -OCH3 is 2. The smallest absolute Gasteiger partial charge is 0.331 e. The molecule has 0 saturated carbocycles. The summed E-state index contributed by atoms with van der Waals surface area (Å²) >= 11 is 0. The van der Waals surface area contributed by atoms with Crippen LogP contribution in [0, 0.1) is 5.41 Å². The molecule has 0 aromatic heterocycles. The van der Waals surface area contributed by atoms with Gasteiger partial charge in [0, 0.05) is 25.2 Å². The molecule has 0 rings (SSSR count). The molecular formula is C11H20O4. The Labute approximate surface area is 90.9 Å². The molecule has 4 heteroatoms. The van der Waals surface area contributed by atoms with Gasteiger partial charge in [-0.3, -0.25) is 0 Å². The molecule has 0 radical (unpaired) electrons. The van der Waals surface area contributed by atoms with E-state index in [0.29, 0.717) is 12.0 Å². The average Bonchev–Trinajstić information content (AvgIpc) is 2.15. The van der Waals surface area contributed by atoms with E-state index in [0.717, 1.165) is 0 Å². The van der Waals surface area contributed by atoms with Gasteiger partial charge in [0.15, 0.2) is 6.29 Å². The minimum absolute atomic E-state index is 0.371. The molecule has 0 aliphatic carbocycles. The Balaban J connectivity index is 4.67. The predicted molar refractivity (Wildman–Crippen MR) is 57.6 cm³/mol. The fourth-order valence-corrected chi connectivity index (χ4v) is 1.61. The molecule has 88 valence electrons. The standard InChI is InChI=1S/C11H20O4/c1-6-8(9(12)13)7-11(2,3)10(14-4)15-5/h6,10H,7H2,1-5H3,(H,12,13)/b8-6+. The Bertz CT molecular complexity index is 239. The Hall–Kier alpha value is -0.870. The monoisotopic (exact) mass is 216 g/mol. The van der Waals surface area contributed by atoms with Gasteiger partial charge in [-0.1, -0.05) is 19.9 Å². The summed E-state index contributed by atoms with van der Waals surface area (Å²) in [7, 11) is 3.10. The van der Waals surface area contributed by atoms with Crippen LogP contribution in [0.5, 0.6) is 0 Å². The van der Waals surface area contributed by atoms with E-state index >= 15 is 0 Å². The summed E-state index contributed by atoms with van der Waals surface area (Å²) in [4.78, 5) is 10.9. The maximum Gasteiger partial charge on any atom is 0.331 e. The zero-order chi connectivity index (χ0) is 12.1. The van der Waals surface area contributed by atoms with Crippen LogP contribution < -0.4 is 0 Å². The molecule has 0 atom stereocenters. The van der Waals surface area contributed by atoms with E-state index in [4.69, 9.17) is 14.6 Å². The topological polar surface area (TPSA) is 55.8 Å². The number of carboxylic acid groups (broad SMARTS) is 1. The Morgan fingerprint density at radius 1 is 1.40 bits per heavy atom. The normalized spacial score (nSPS) is 13.3. The maximum absolute atomic E-state index is 10.9. The highest BCUT2D eigenvalue weighted by Crippen LogP contribution is 2.31. The second kappa shape index (κ2) is 5.88. The zero-order valence-electron chi connectivity index (χ0n) is 10.0. The van der Waals surface area contributed by atoms with E-state index in [1.165, 1.54) is 0 Å². The van der Waals surface area contributed by atoms with Crippen molar-refractivity contribution in [2.75, 3.05) is 14.2 Å². The highest BCUT2D eigenvalue weighted by atomic mass is 16.7. The van der Waals surface area contributed by atoms with Gasteiger partial charge < -0.3 is 14.6 Å². The molecule has 0 saturated heterocycles. The van der Waals surface area contributed by atoms with Gasteiger partial charge >= 0.3 is 5.97 Å². The molecule has 15 heavy (non-hydrogen) atoms. The fourth-order valence-electron chi connectivity index (χ4n) is 1.61. The molecule has 0 fully saturated rings. The molecule has 4 nitrogen and oxygen atoms in total. The summed E-state index contributed by atoms with van der Waals surface area (Å²) in [5.41, 5.74) is 0.00287. The molecule has 0 aromatic carbocycles. The van der Waals surface area contributed by atoms with Crippen LogP contribution in [0.25, 0.3) is 0 Å². The summed E-state index contributed by atoms with van der Waals surface area (Å²) in [5.74, 6) is -0.892. The SMILES string of the molecule is C/C=C(\CC(C)(C)C(OC)OC)C(=O)O. The van der Waals surface area contributed by atoms with Crippen LogP contribution in [-0.4, -0.2) is 31.6 Å². The molecule has 0 bridgehead atoms. The summed E-state index contributed by atoms with van der Waals surface area (Å²) in [6.45, 7) is 5.54. The number of hydrogen-bond acceptors (Lipinski definition) is 3. The van der Waals surface area contributed by atoms with Crippen molar-refractivity contribution >= 4 is 5.97 Å². The van der Waals surface area contributed by atoms with Crippen LogP contribution in [-0.2, 0) is 14.3 Å². The van der Waals surface area contributed by atoms with Crippen molar-refractivity contribution in [2.45, 2.75) is 33.5 Å². The van der Waals surface area contributed by atoms with Crippen molar-refractivity contribution < 1.29 is 19.4 Å². The molecule has 1 N–H and O–H groups in total. The van der Waals surface area contributed by atoms with Crippen molar-refractivity contribution in [1.82, 2.24) is 0 Å². The Morgan fingerprint density at radius 2 is 1.87 bits per heavy atom. The first-order valence-electron chi connectivity index (χ1n) is 4.83. The van der Waals surface area contributed by atoms with Gasteiger partial charge in [-0.15, -0.1) is 0 Å². The Morgan fingerprint density at radius 3 is 2.13 bits per heavy atom. The molecule has 0 heterocycles. The number of allylic oxidation sites excluding steroid dienone is 1. The second-order valence-corrected chi connectivity index (χ2v) is 4.09. The van der Waals surface area contributed by atoms with Gasteiger partial charge in [0.1, 0.15) is 0 Å². The minimum Gasteiger partial charge on any atom is -0.478 e. The fraction of sp³-hybridized carbons (Fsp3) is 0.727. The summed E-state index contributed by atoms with van der Waals surface area (Å²) in [6.07, 6.45) is 1.60. The lowest BCUT2D eigenvalue weighted by molar-refractivity contribution is -0.168. The molecule has 0 unspecified atom stereocenters. The first kappa shape index (κ1) is 14.1. The molecular weight excluding hydrogens is 196 g/mol. The van der Waals surface area contributed by atoms with Crippen LogP contribution in [0.15, 0.2) is 11.6 Å². The number of aliphatic carboxylic acids is 1. The van der Waals surface area contributed by atoms with E-state index in [-0.39, 0.29) is 5.41 Å². The number of ether oxygens (including phenoxy) is 2. The highest BCUT2D eigenvalue weighted by molar-refractivity contribution is 5.86. The van der Waals surface area contributed by atoms with Gasteiger partial charge in [0.05, 0.1) is 0 Å². The third-order valence-electron chi connectivity index (χ3n) is 2.34. The quantitative estimate of drug-likeness (QED) is 0.545. The van der Waals surface area contributed by atoms with Crippen molar-refractivity contribution in [2.24, 2.45) is 5.41 Å². The lowest BCUT2D eigenvalue weighted by Gasteiger charge is -2.32. The van der Waals surface area contributed by atoms with E-state index in [2.05, 4.69) is 0 Å². The van der Waals surface area contributed by atoms with E-state index in [1.807, 2.05) is 13.8 Å². The van der Waals surface area contributed by atoms with Gasteiger partial charge in [-0.05, 0) is 13.3 Å². The molecule has 0 aliphatic heterocycles. The molecule has 0 spiro atoms. The van der Waals surface area contributed by atoms with Crippen molar-refractivity contribution in [3.05, 3.63) is 11.6 Å². The van der Waals surface area contributed by atoms with Gasteiger partial charge in [-0.25, -0.2) is 4.79 Å². The highest BCUT2D eigenvalue weighted by Gasteiger charge is 2.32. The third kappa shape index (κ3) is 4.01. The summed E-state index contributed by atoms with van der Waals surface area (Å²) in [6, 6.07) is 0. The minimum atomic E-state index is -0.892. The van der Waals surface area contributed by atoms with Crippen LogP contribution in [0.4, 0.5) is 0 Å². The zero-order valence-corrected chi connectivity index (χ0v) is 10.0. The van der Waals surface area contributed by atoms with Gasteiger partial charge in [0.2, 0.25) is 0 Å². The van der Waals surface area contributed by atoms with Crippen LogP contribution >= 0.6 is 0 Å². The van der Waals surface area contributed by atoms with E-state index in [1.54, 1.807) is 27.2 Å². The predicted octanol–water partition coefficient (Wildman–Crippen LogP) is 2.05. The van der Waals surface area contributed by atoms with Crippen molar-refractivity contribution in [1.29, 1.82) is 0 Å². The van der Waals surface area contributed by atoms with E-state index < -0.39 is 12.3 Å². The first-order valence-corrected chi connectivity index (χ1v) is 4.83. The van der Waals surface area contributed by atoms with Crippen molar-refractivity contribution in [3.8, 4) is 0 Å². The van der Waals surface area contributed by atoms with Crippen LogP contribution in [0.3, 0.4) is 0 Å². The lowest BCUT2D eigenvalue weighted by Crippen LogP contribution is -2.34. The van der Waals surface area contributed by atoms with Crippen LogP contribution in [0.2, 0.25) is 0 Å². The lowest BCUT2D eigenvalue weighted by atomic mass is 9.84. The summed E-state index contributed by atoms with van der Waals surface area (Å²) < 4.78 is 10.3. The largest absolute Gasteiger partial charge is 0.478 e. The van der Waals surface area contributed by atoms with E-state index in [9.17, 15) is 4.79 Å². The first-order chi connectivity index (χ1) is 6.88. The maximum atomic E-state index is 10.9. The Kier molecular flexibility index (Phi) is 5.54. The van der Waals surface area contributed by atoms with Crippen molar-refractivity contribution in [3.63, 3.8) is 0 Å². The average molecular weight is 216 g/mol. The molecule has 0 aromatic rings. The third-order valence-corrected chi connectivity index (χ3v) is 2.34. The molecule has 0 amide bonds. The van der Waals surface area contributed by atoms with Crippen LogP contribution in [0.1, 0.15) is 27.2 Å². The number of carbonyl (C=O) groups is 1. The number of hydrogen-bond donors (Lipinski definition) is 1. The van der Waals surface area contributed by atoms with Gasteiger partial charge in [-0.2, -0.15) is 0 Å². The number of rotatable bonds is 6. The van der Waals surface area contributed by atoms with Gasteiger partial charge in [0.25, 0.3) is 0 Å². The second-order valence-electron chi connectivity index (χ2n) is 4.09. The summed E-state index contributed by atoms with van der Waals surface area (Å²) in [5, 5.41) is 8.91. The number of carboxylic acids is 1. The molecule has 0 aliphatic rings.